The van der Waals surface area contributed by atoms with E-state index in [1.54, 1.807) is 0 Å². The lowest BCUT2D eigenvalue weighted by Gasteiger charge is -2.12. The quantitative estimate of drug-likeness (QED) is 0.459. The highest BCUT2D eigenvalue weighted by atomic mass is 32.2. The van der Waals surface area contributed by atoms with Gasteiger partial charge in [0.2, 0.25) is 0 Å². The van der Waals surface area contributed by atoms with E-state index in [1.807, 2.05) is 0 Å². The number of nitrogens with two attached hydrogens (primary N) is 2. The third kappa shape index (κ3) is 2.29. The fraction of sp³-hybridized carbons (Fsp3) is 0. The van der Waals surface area contributed by atoms with Crippen molar-refractivity contribution in [1.82, 2.24) is 0 Å². The molecule has 0 aliphatic heterocycles. The van der Waals surface area contributed by atoms with Gasteiger partial charge in [-0.15, -0.1) is 0 Å². The summed E-state index contributed by atoms with van der Waals surface area (Å²) in [5.41, 5.74) is 10.3. The molecular formula is C10H10N2O6S2. The summed E-state index contributed by atoms with van der Waals surface area (Å²) in [7, 11) is -9.20. The zero-order valence-corrected chi connectivity index (χ0v) is 11.4. The molecule has 0 heterocycles. The topological polar surface area (TPSA) is 161 Å². The third-order valence-electron chi connectivity index (χ3n) is 2.70. The van der Waals surface area contributed by atoms with E-state index in [4.69, 9.17) is 20.6 Å². The molecule has 0 unspecified atom stereocenters. The van der Waals surface area contributed by atoms with E-state index in [2.05, 4.69) is 0 Å². The van der Waals surface area contributed by atoms with Gasteiger partial charge in [0.05, 0.1) is 11.4 Å². The fourth-order valence-corrected chi connectivity index (χ4v) is 3.38. The van der Waals surface area contributed by atoms with Crippen LogP contribution in [-0.4, -0.2) is 25.9 Å². The van der Waals surface area contributed by atoms with Crippen LogP contribution in [0.4, 0.5) is 11.4 Å². The van der Waals surface area contributed by atoms with Crippen molar-refractivity contribution in [2.45, 2.75) is 9.79 Å². The SMILES string of the molecule is Nc1cc2c(S(=O)(=O)O)cccc2c(N)c1S(=O)(=O)O. The number of nitrogen functional groups attached to an aromatic ring is 2. The van der Waals surface area contributed by atoms with Crippen LogP contribution in [-0.2, 0) is 20.2 Å². The minimum absolute atomic E-state index is 0.0296. The zero-order chi connectivity index (χ0) is 15.3. The number of hydrogen-bond donors (Lipinski definition) is 4. The van der Waals surface area contributed by atoms with Crippen LogP contribution in [0.3, 0.4) is 0 Å². The minimum atomic E-state index is -4.67. The molecule has 8 nitrogen and oxygen atoms in total. The van der Waals surface area contributed by atoms with Crippen LogP contribution in [0.25, 0.3) is 10.8 Å². The van der Waals surface area contributed by atoms with Crippen molar-refractivity contribution in [1.29, 1.82) is 0 Å². The van der Waals surface area contributed by atoms with Crippen LogP contribution in [0.2, 0.25) is 0 Å². The Morgan fingerprint density at radius 2 is 1.50 bits per heavy atom. The summed E-state index contributed by atoms with van der Waals surface area (Å²) in [6, 6.07) is 4.74. The fourth-order valence-electron chi connectivity index (χ4n) is 1.94. The molecule has 0 bridgehead atoms. The molecule has 0 saturated carbocycles. The Kier molecular flexibility index (Phi) is 3.13. The molecule has 0 saturated heterocycles. The maximum Gasteiger partial charge on any atom is 0.298 e. The summed E-state index contributed by atoms with van der Waals surface area (Å²) >= 11 is 0. The molecule has 10 heteroatoms. The number of hydrogen-bond acceptors (Lipinski definition) is 6. The minimum Gasteiger partial charge on any atom is -0.398 e. The van der Waals surface area contributed by atoms with Gasteiger partial charge in [0, 0.05) is 10.8 Å². The second-order valence-electron chi connectivity index (χ2n) is 4.01. The lowest BCUT2D eigenvalue weighted by Crippen LogP contribution is -2.09. The molecule has 2 aromatic carbocycles. The van der Waals surface area contributed by atoms with E-state index in [1.165, 1.54) is 12.1 Å². The van der Waals surface area contributed by atoms with Gasteiger partial charge in [0.1, 0.15) is 9.79 Å². The Hall–Kier alpha value is -1.88. The number of anilines is 2. The van der Waals surface area contributed by atoms with E-state index in [-0.39, 0.29) is 10.8 Å². The first-order valence-corrected chi connectivity index (χ1v) is 7.97. The first kappa shape index (κ1) is 14.5. The second-order valence-corrected chi connectivity index (χ2v) is 6.76. The van der Waals surface area contributed by atoms with E-state index in [0.29, 0.717) is 0 Å². The first-order chi connectivity index (χ1) is 9.03. The summed E-state index contributed by atoms with van der Waals surface area (Å²) in [5.74, 6) is 0. The Labute approximate surface area is 114 Å². The molecule has 0 amide bonds. The molecule has 0 spiro atoms. The Morgan fingerprint density at radius 3 is 2.00 bits per heavy atom. The predicted octanol–water partition coefficient (Wildman–Crippen LogP) is 0.498. The van der Waals surface area contributed by atoms with Crippen LogP contribution in [0.1, 0.15) is 0 Å². The predicted molar refractivity (Wildman–Crippen MR) is 72.4 cm³/mol. The second kappa shape index (κ2) is 4.31. The average molecular weight is 318 g/mol. The van der Waals surface area contributed by atoms with Crippen molar-refractivity contribution in [3.05, 3.63) is 24.3 Å². The summed E-state index contributed by atoms with van der Waals surface area (Å²) in [6.45, 7) is 0. The third-order valence-corrected chi connectivity index (χ3v) is 4.58. The molecule has 0 atom stereocenters. The normalized spacial score (nSPS) is 12.7. The number of fused-ring (bicyclic) bond motifs is 1. The van der Waals surface area contributed by atoms with E-state index in [9.17, 15) is 16.8 Å². The van der Waals surface area contributed by atoms with Gasteiger partial charge >= 0.3 is 0 Å². The van der Waals surface area contributed by atoms with Crippen LogP contribution in [0.5, 0.6) is 0 Å². The summed E-state index contributed by atoms with van der Waals surface area (Å²) in [5, 5.41) is -0.0145. The molecule has 0 aliphatic carbocycles. The molecule has 0 aliphatic rings. The smallest absolute Gasteiger partial charge is 0.298 e. The van der Waals surface area contributed by atoms with Crippen molar-refractivity contribution >= 4 is 42.4 Å². The summed E-state index contributed by atoms with van der Waals surface area (Å²) in [6.07, 6.45) is 0. The highest BCUT2D eigenvalue weighted by Crippen LogP contribution is 2.36. The van der Waals surface area contributed by atoms with E-state index in [0.717, 1.165) is 12.1 Å². The van der Waals surface area contributed by atoms with Crippen LogP contribution >= 0.6 is 0 Å². The first-order valence-electron chi connectivity index (χ1n) is 5.09. The molecule has 6 N–H and O–H groups in total. The van der Waals surface area contributed by atoms with Gasteiger partial charge in [-0.1, -0.05) is 12.1 Å². The van der Waals surface area contributed by atoms with Gasteiger partial charge in [-0.3, -0.25) is 9.11 Å². The van der Waals surface area contributed by atoms with Gasteiger partial charge in [-0.2, -0.15) is 16.8 Å². The zero-order valence-electron chi connectivity index (χ0n) is 9.81. The standard InChI is InChI=1S/C10H10N2O6S2/c11-7-4-6-5(9(12)10(7)20(16,17)18)2-1-3-8(6)19(13,14)15/h1-4H,11-12H2,(H,13,14,15)(H,16,17,18). The van der Waals surface area contributed by atoms with E-state index >= 15 is 0 Å². The summed E-state index contributed by atoms with van der Waals surface area (Å²) < 4.78 is 63.2. The Balaban J connectivity index is 3.06. The molecule has 0 fully saturated rings. The Morgan fingerprint density at radius 1 is 0.900 bits per heavy atom. The van der Waals surface area contributed by atoms with Gasteiger partial charge in [0.15, 0.2) is 0 Å². The van der Waals surface area contributed by atoms with Gasteiger partial charge in [0.25, 0.3) is 20.2 Å². The van der Waals surface area contributed by atoms with Crippen molar-refractivity contribution < 1.29 is 25.9 Å². The summed E-state index contributed by atoms with van der Waals surface area (Å²) in [4.78, 5) is -1.16. The molecule has 2 rings (SSSR count). The van der Waals surface area contributed by atoms with E-state index < -0.39 is 41.4 Å². The van der Waals surface area contributed by atoms with Gasteiger partial charge in [-0.05, 0) is 12.1 Å². The molecule has 0 aromatic heterocycles. The maximum atomic E-state index is 11.3. The molecule has 0 radical (unpaired) electrons. The van der Waals surface area contributed by atoms with Crippen LogP contribution in [0, 0.1) is 0 Å². The number of rotatable bonds is 2. The Bertz CT molecular complexity index is 918. The van der Waals surface area contributed by atoms with Crippen LogP contribution in [0.15, 0.2) is 34.1 Å². The molecular weight excluding hydrogens is 308 g/mol. The van der Waals surface area contributed by atoms with Crippen molar-refractivity contribution in [3.8, 4) is 0 Å². The lowest BCUT2D eigenvalue weighted by atomic mass is 10.1. The van der Waals surface area contributed by atoms with Crippen molar-refractivity contribution in [2.75, 3.05) is 11.5 Å². The average Bonchev–Trinajstić information content (AvgIpc) is 2.24. The van der Waals surface area contributed by atoms with Gasteiger partial charge < -0.3 is 11.5 Å². The monoisotopic (exact) mass is 318 g/mol. The highest BCUT2D eigenvalue weighted by Gasteiger charge is 2.23. The number of benzene rings is 2. The largest absolute Gasteiger partial charge is 0.398 e. The molecule has 20 heavy (non-hydrogen) atoms. The van der Waals surface area contributed by atoms with Crippen molar-refractivity contribution in [2.24, 2.45) is 0 Å². The van der Waals surface area contributed by atoms with Crippen LogP contribution < -0.4 is 11.5 Å². The van der Waals surface area contributed by atoms with Crippen molar-refractivity contribution in [3.63, 3.8) is 0 Å². The highest BCUT2D eigenvalue weighted by molar-refractivity contribution is 7.86. The van der Waals surface area contributed by atoms with Gasteiger partial charge in [-0.25, -0.2) is 0 Å². The molecule has 108 valence electrons. The lowest BCUT2D eigenvalue weighted by molar-refractivity contribution is 0.482. The molecule has 2 aromatic rings. The maximum absolute atomic E-state index is 11.3.